The molecule has 0 heterocycles. The van der Waals surface area contributed by atoms with Gasteiger partial charge in [0, 0.05) is 0 Å². The van der Waals surface area contributed by atoms with Crippen LogP contribution in [0.5, 0.6) is 5.75 Å². The molecule has 122 valence electrons. The van der Waals surface area contributed by atoms with Crippen LogP contribution in [0.2, 0.25) is 0 Å². The summed E-state index contributed by atoms with van der Waals surface area (Å²) in [6, 6.07) is 22.0. The SMILES string of the molecule is COc1cccc(CC(=O)NC(C)c2cccc3ccccc23)c1. The van der Waals surface area contributed by atoms with Crippen LogP contribution in [0.15, 0.2) is 66.7 Å². The molecule has 3 heteroatoms. The first-order valence-corrected chi connectivity index (χ1v) is 8.07. The van der Waals surface area contributed by atoms with E-state index in [1.807, 2.05) is 49.4 Å². The predicted molar refractivity (Wildman–Crippen MR) is 97.2 cm³/mol. The van der Waals surface area contributed by atoms with Gasteiger partial charge in [0.1, 0.15) is 5.75 Å². The van der Waals surface area contributed by atoms with Crippen LogP contribution in [0.3, 0.4) is 0 Å². The normalized spacial score (nSPS) is 11.9. The fourth-order valence-corrected chi connectivity index (χ4v) is 2.97. The third kappa shape index (κ3) is 3.57. The standard InChI is InChI=1S/C21H21NO2/c1-15(19-12-6-9-17-8-3-4-11-20(17)19)22-21(23)14-16-7-5-10-18(13-16)24-2/h3-13,15H,14H2,1-2H3,(H,22,23). The second-order valence-electron chi connectivity index (χ2n) is 5.89. The van der Waals surface area contributed by atoms with Crippen molar-refractivity contribution in [3.8, 4) is 5.75 Å². The number of hydrogen-bond donors (Lipinski definition) is 1. The Morgan fingerprint density at radius 2 is 1.79 bits per heavy atom. The van der Waals surface area contributed by atoms with Gasteiger partial charge < -0.3 is 10.1 Å². The summed E-state index contributed by atoms with van der Waals surface area (Å²) < 4.78 is 5.20. The van der Waals surface area contributed by atoms with Gasteiger partial charge in [0.25, 0.3) is 0 Å². The van der Waals surface area contributed by atoms with Crippen LogP contribution < -0.4 is 10.1 Å². The van der Waals surface area contributed by atoms with E-state index in [1.165, 1.54) is 10.8 Å². The molecule has 0 aromatic heterocycles. The van der Waals surface area contributed by atoms with Crippen molar-refractivity contribution in [2.75, 3.05) is 7.11 Å². The highest BCUT2D eigenvalue weighted by Gasteiger charge is 2.12. The van der Waals surface area contributed by atoms with Crippen molar-refractivity contribution in [3.05, 3.63) is 77.9 Å². The monoisotopic (exact) mass is 319 g/mol. The lowest BCUT2D eigenvalue weighted by Gasteiger charge is -2.17. The number of carbonyl (C=O) groups excluding carboxylic acids is 1. The number of benzene rings is 3. The van der Waals surface area contributed by atoms with Crippen molar-refractivity contribution in [2.45, 2.75) is 19.4 Å². The van der Waals surface area contributed by atoms with Crippen LogP contribution in [-0.4, -0.2) is 13.0 Å². The maximum absolute atomic E-state index is 12.4. The molecule has 24 heavy (non-hydrogen) atoms. The van der Waals surface area contributed by atoms with Gasteiger partial charge in [-0.1, -0.05) is 54.6 Å². The molecule has 0 spiro atoms. The van der Waals surface area contributed by atoms with Gasteiger partial charge in [-0.05, 0) is 41.0 Å². The van der Waals surface area contributed by atoms with Gasteiger partial charge in [-0.3, -0.25) is 4.79 Å². The van der Waals surface area contributed by atoms with Crippen molar-refractivity contribution in [2.24, 2.45) is 0 Å². The van der Waals surface area contributed by atoms with Gasteiger partial charge in [-0.25, -0.2) is 0 Å². The maximum Gasteiger partial charge on any atom is 0.224 e. The predicted octanol–water partition coefficient (Wildman–Crippen LogP) is 4.27. The average molecular weight is 319 g/mol. The quantitative estimate of drug-likeness (QED) is 0.763. The minimum atomic E-state index is -0.0470. The topological polar surface area (TPSA) is 38.3 Å². The van der Waals surface area contributed by atoms with Gasteiger partial charge in [0.15, 0.2) is 0 Å². The minimum Gasteiger partial charge on any atom is -0.497 e. The molecule has 3 nitrogen and oxygen atoms in total. The Bertz CT molecular complexity index is 852. The maximum atomic E-state index is 12.4. The highest BCUT2D eigenvalue weighted by molar-refractivity contribution is 5.87. The number of ether oxygens (including phenoxy) is 1. The Morgan fingerprint density at radius 3 is 2.62 bits per heavy atom. The number of carbonyl (C=O) groups is 1. The molecule has 0 radical (unpaired) electrons. The fraction of sp³-hybridized carbons (Fsp3) is 0.190. The number of nitrogens with one attached hydrogen (secondary N) is 1. The van der Waals surface area contributed by atoms with Crippen molar-refractivity contribution in [1.82, 2.24) is 5.32 Å². The Morgan fingerprint density at radius 1 is 1.04 bits per heavy atom. The van der Waals surface area contributed by atoms with E-state index in [0.29, 0.717) is 6.42 Å². The van der Waals surface area contributed by atoms with Crippen molar-refractivity contribution in [3.63, 3.8) is 0 Å². The van der Waals surface area contributed by atoms with Crippen molar-refractivity contribution >= 4 is 16.7 Å². The molecule has 1 amide bonds. The third-order valence-corrected chi connectivity index (χ3v) is 4.17. The van der Waals surface area contributed by atoms with Crippen LogP contribution in [0, 0.1) is 0 Å². The first kappa shape index (κ1) is 16.1. The molecule has 3 aromatic carbocycles. The molecule has 3 rings (SSSR count). The van der Waals surface area contributed by atoms with Crippen LogP contribution >= 0.6 is 0 Å². The number of rotatable bonds is 5. The molecule has 0 fully saturated rings. The lowest BCUT2D eigenvalue weighted by Crippen LogP contribution is -2.28. The summed E-state index contributed by atoms with van der Waals surface area (Å²) in [4.78, 5) is 12.4. The molecular formula is C21H21NO2. The molecule has 1 atom stereocenters. The van der Waals surface area contributed by atoms with Gasteiger partial charge in [-0.15, -0.1) is 0 Å². The zero-order valence-corrected chi connectivity index (χ0v) is 14.0. The zero-order valence-electron chi connectivity index (χ0n) is 14.0. The van der Waals surface area contributed by atoms with E-state index in [9.17, 15) is 4.79 Å². The van der Waals surface area contributed by atoms with Gasteiger partial charge in [-0.2, -0.15) is 0 Å². The van der Waals surface area contributed by atoms with Gasteiger partial charge in [0.05, 0.1) is 19.6 Å². The Kier molecular flexibility index (Phi) is 4.80. The summed E-state index contributed by atoms with van der Waals surface area (Å²) in [6.45, 7) is 2.02. The molecule has 1 N–H and O–H groups in total. The minimum absolute atomic E-state index is 0.00341. The second kappa shape index (κ2) is 7.18. The van der Waals surface area contributed by atoms with E-state index in [2.05, 4.69) is 29.6 Å². The van der Waals surface area contributed by atoms with E-state index in [-0.39, 0.29) is 11.9 Å². The smallest absolute Gasteiger partial charge is 0.224 e. The van der Waals surface area contributed by atoms with Crippen LogP contribution in [0.4, 0.5) is 0 Å². The summed E-state index contributed by atoms with van der Waals surface area (Å²) in [5.74, 6) is 0.770. The lowest BCUT2D eigenvalue weighted by atomic mass is 9.99. The van der Waals surface area contributed by atoms with E-state index < -0.39 is 0 Å². The molecule has 1 unspecified atom stereocenters. The summed E-state index contributed by atoms with van der Waals surface area (Å²) in [6.07, 6.45) is 0.340. The summed E-state index contributed by atoms with van der Waals surface area (Å²) in [5, 5.41) is 5.45. The van der Waals surface area contributed by atoms with Gasteiger partial charge in [0.2, 0.25) is 5.91 Å². The van der Waals surface area contributed by atoms with Gasteiger partial charge >= 0.3 is 0 Å². The van der Waals surface area contributed by atoms with Crippen molar-refractivity contribution < 1.29 is 9.53 Å². The Balaban J connectivity index is 1.73. The molecule has 0 saturated carbocycles. The average Bonchev–Trinajstić information content (AvgIpc) is 2.61. The van der Waals surface area contributed by atoms with E-state index in [0.717, 1.165) is 16.9 Å². The van der Waals surface area contributed by atoms with Crippen LogP contribution in [-0.2, 0) is 11.2 Å². The van der Waals surface area contributed by atoms with E-state index in [4.69, 9.17) is 4.74 Å². The first-order valence-electron chi connectivity index (χ1n) is 8.07. The molecular weight excluding hydrogens is 298 g/mol. The largest absolute Gasteiger partial charge is 0.497 e. The molecule has 0 aliphatic rings. The summed E-state index contributed by atoms with van der Waals surface area (Å²) >= 11 is 0. The van der Waals surface area contributed by atoms with E-state index in [1.54, 1.807) is 7.11 Å². The number of amides is 1. The second-order valence-corrected chi connectivity index (χ2v) is 5.89. The Hall–Kier alpha value is -2.81. The molecule has 0 saturated heterocycles. The fourth-order valence-electron chi connectivity index (χ4n) is 2.97. The third-order valence-electron chi connectivity index (χ3n) is 4.17. The first-order chi connectivity index (χ1) is 11.7. The number of fused-ring (bicyclic) bond motifs is 1. The lowest BCUT2D eigenvalue weighted by molar-refractivity contribution is -0.121. The zero-order chi connectivity index (χ0) is 16.9. The molecule has 0 aliphatic heterocycles. The number of methoxy groups -OCH3 is 1. The Labute approximate surface area is 142 Å². The summed E-state index contributed by atoms with van der Waals surface area (Å²) in [5.41, 5.74) is 2.07. The van der Waals surface area contributed by atoms with Crippen LogP contribution in [0.25, 0.3) is 10.8 Å². The molecule has 3 aromatic rings. The van der Waals surface area contributed by atoms with E-state index >= 15 is 0 Å². The summed E-state index contributed by atoms with van der Waals surface area (Å²) in [7, 11) is 1.63. The van der Waals surface area contributed by atoms with Crippen molar-refractivity contribution in [1.29, 1.82) is 0 Å². The highest BCUT2D eigenvalue weighted by atomic mass is 16.5. The molecule has 0 aliphatic carbocycles. The molecule has 0 bridgehead atoms. The highest BCUT2D eigenvalue weighted by Crippen LogP contribution is 2.24. The van der Waals surface area contributed by atoms with Crippen LogP contribution in [0.1, 0.15) is 24.1 Å². The number of hydrogen-bond acceptors (Lipinski definition) is 2.